The quantitative estimate of drug-likeness (QED) is 0.843. The third-order valence-electron chi connectivity index (χ3n) is 3.67. The number of pyridine rings is 1. The average molecular weight is 308 g/mol. The van der Waals surface area contributed by atoms with Gasteiger partial charge in [-0.3, -0.25) is 4.79 Å². The van der Waals surface area contributed by atoms with Gasteiger partial charge in [-0.25, -0.2) is 4.98 Å². The molecule has 1 amide bonds. The molecule has 0 saturated carbocycles. The van der Waals surface area contributed by atoms with E-state index < -0.39 is 0 Å². The molecular formula is C18H20N4O. The molecule has 2 N–H and O–H groups in total. The zero-order valence-corrected chi connectivity index (χ0v) is 13.3. The summed E-state index contributed by atoms with van der Waals surface area (Å²) in [5, 5.41) is 14.8. The second kappa shape index (κ2) is 7.95. The van der Waals surface area contributed by atoms with Gasteiger partial charge in [0.2, 0.25) is 5.91 Å². The number of carbonyl (C=O) groups excluding carboxylic acids is 1. The zero-order valence-electron chi connectivity index (χ0n) is 13.3. The molecule has 0 radical (unpaired) electrons. The third kappa shape index (κ3) is 4.55. The molecule has 1 heterocycles. The number of carbonyl (C=O) groups is 1. The summed E-state index contributed by atoms with van der Waals surface area (Å²) < 4.78 is 0. The Morgan fingerprint density at radius 2 is 1.78 bits per heavy atom. The van der Waals surface area contributed by atoms with Gasteiger partial charge in [0.1, 0.15) is 5.82 Å². The lowest BCUT2D eigenvalue weighted by molar-refractivity contribution is -0.120. The van der Waals surface area contributed by atoms with Crippen LogP contribution in [0, 0.1) is 17.2 Å². The van der Waals surface area contributed by atoms with E-state index in [4.69, 9.17) is 5.26 Å². The Kier molecular flexibility index (Phi) is 5.70. The Morgan fingerprint density at radius 3 is 2.30 bits per heavy atom. The van der Waals surface area contributed by atoms with Crippen LogP contribution in [0.1, 0.15) is 32.3 Å². The van der Waals surface area contributed by atoms with Crippen molar-refractivity contribution < 1.29 is 4.79 Å². The molecular weight excluding hydrogens is 288 g/mol. The number of nitrogens with zero attached hydrogens (tertiary/aromatic N) is 2. The molecule has 0 saturated heterocycles. The largest absolute Gasteiger partial charge is 0.340 e. The van der Waals surface area contributed by atoms with Crippen molar-refractivity contribution in [2.45, 2.75) is 26.7 Å². The SMILES string of the molecule is CCC(CC)C(=O)Nc1ccc(Nc2ccc(C#N)cc2)nc1. The second-order valence-corrected chi connectivity index (χ2v) is 5.25. The van der Waals surface area contributed by atoms with Crippen LogP contribution in [0.2, 0.25) is 0 Å². The minimum absolute atomic E-state index is 0.0320. The lowest BCUT2D eigenvalue weighted by Crippen LogP contribution is -2.21. The molecule has 0 aliphatic carbocycles. The number of hydrogen-bond donors (Lipinski definition) is 2. The lowest BCUT2D eigenvalue weighted by atomic mass is 10.0. The fourth-order valence-electron chi connectivity index (χ4n) is 2.22. The molecule has 0 fully saturated rings. The predicted molar refractivity (Wildman–Crippen MR) is 91.4 cm³/mol. The van der Waals surface area contributed by atoms with Gasteiger partial charge in [-0.2, -0.15) is 5.26 Å². The van der Waals surface area contributed by atoms with Crippen LogP contribution in [-0.4, -0.2) is 10.9 Å². The Labute approximate surface area is 136 Å². The highest BCUT2D eigenvalue weighted by Crippen LogP contribution is 2.18. The van der Waals surface area contributed by atoms with Crippen LogP contribution in [0.25, 0.3) is 0 Å². The van der Waals surface area contributed by atoms with Gasteiger partial charge in [0, 0.05) is 11.6 Å². The summed E-state index contributed by atoms with van der Waals surface area (Å²) in [5.41, 5.74) is 2.15. The molecule has 2 aromatic rings. The van der Waals surface area contributed by atoms with Gasteiger partial charge in [0.25, 0.3) is 0 Å². The van der Waals surface area contributed by atoms with Gasteiger partial charge in [-0.1, -0.05) is 13.8 Å². The van der Waals surface area contributed by atoms with E-state index in [9.17, 15) is 4.79 Å². The summed E-state index contributed by atoms with van der Waals surface area (Å²) >= 11 is 0. The number of anilines is 3. The number of aromatic nitrogens is 1. The van der Waals surface area contributed by atoms with Crippen LogP contribution in [0.4, 0.5) is 17.2 Å². The molecule has 0 spiro atoms. The van der Waals surface area contributed by atoms with Gasteiger partial charge in [-0.05, 0) is 49.2 Å². The van der Waals surface area contributed by atoms with Crippen molar-refractivity contribution in [3.8, 4) is 6.07 Å². The van der Waals surface area contributed by atoms with Gasteiger partial charge in [0.05, 0.1) is 23.5 Å². The fraction of sp³-hybridized carbons (Fsp3) is 0.278. The van der Waals surface area contributed by atoms with E-state index in [1.165, 1.54) is 0 Å². The summed E-state index contributed by atoms with van der Waals surface area (Å²) in [6.07, 6.45) is 3.29. The average Bonchev–Trinajstić information content (AvgIpc) is 2.58. The van der Waals surface area contributed by atoms with Crippen LogP contribution in [0.3, 0.4) is 0 Å². The Hall–Kier alpha value is -2.87. The lowest BCUT2D eigenvalue weighted by Gasteiger charge is -2.13. The van der Waals surface area contributed by atoms with Crippen LogP contribution < -0.4 is 10.6 Å². The Bertz CT molecular complexity index is 682. The minimum Gasteiger partial charge on any atom is -0.340 e. The van der Waals surface area contributed by atoms with Crippen LogP contribution in [0.5, 0.6) is 0 Å². The van der Waals surface area contributed by atoms with E-state index in [1.807, 2.05) is 32.0 Å². The van der Waals surface area contributed by atoms with Crippen molar-refractivity contribution >= 4 is 23.1 Å². The minimum atomic E-state index is 0.0320. The first-order valence-corrected chi connectivity index (χ1v) is 7.70. The molecule has 23 heavy (non-hydrogen) atoms. The van der Waals surface area contributed by atoms with Crippen LogP contribution in [0.15, 0.2) is 42.6 Å². The fourth-order valence-corrected chi connectivity index (χ4v) is 2.22. The van der Waals surface area contributed by atoms with Crippen LogP contribution >= 0.6 is 0 Å². The molecule has 0 aliphatic rings. The van der Waals surface area contributed by atoms with Crippen molar-refractivity contribution in [1.82, 2.24) is 4.98 Å². The maximum atomic E-state index is 12.0. The summed E-state index contributed by atoms with van der Waals surface area (Å²) in [6.45, 7) is 4.02. The zero-order chi connectivity index (χ0) is 16.7. The first kappa shape index (κ1) is 16.5. The van der Waals surface area contributed by atoms with Gasteiger partial charge in [-0.15, -0.1) is 0 Å². The monoisotopic (exact) mass is 308 g/mol. The molecule has 5 nitrogen and oxygen atoms in total. The van der Waals surface area contributed by atoms with Crippen LogP contribution in [-0.2, 0) is 4.79 Å². The van der Waals surface area contributed by atoms with E-state index in [2.05, 4.69) is 21.7 Å². The van der Waals surface area contributed by atoms with E-state index in [0.29, 0.717) is 17.1 Å². The summed E-state index contributed by atoms with van der Waals surface area (Å²) in [6, 6.07) is 12.8. The van der Waals surface area contributed by atoms with Crippen molar-refractivity contribution in [3.63, 3.8) is 0 Å². The molecule has 1 aromatic carbocycles. The van der Waals surface area contributed by atoms with E-state index in [-0.39, 0.29) is 11.8 Å². The number of hydrogen-bond acceptors (Lipinski definition) is 4. The molecule has 0 aliphatic heterocycles. The number of nitriles is 1. The molecule has 1 aromatic heterocycles. The number of rotatable bonds is 6. The van der Waals surface area contributed by atoms with Gasteiger partial charge >= 0.3 is 0 Å². The second-order valence-electron chi connectivity index (χ2n) is 5.25. The molecule has 118 valence electrons. The Balaban J connectivity index is 1.99. The summed E-state index contributed by atoms with van der Waals surface area (Å²) in [7, 11) is 0. The van der Waals surface area contributed by atoms with Gasteiger partial charge in [0.15, 0.2) is 0 Å². The standard InChI is InChI=1S/C18H20N4O/c1-3-14(4-2)18(23)22-16-9-10-17(20-12-16)21-15-7-5-13(11-19)6-8-15/h5-10,12,14H,3-4H2,1-2H3,(H,20,21)(H,22,23). The number of nitrogens with one attached hydrogen (secondary N) is 2. The molecule has 0 unspecified atom stereocenters. The first-order valence-electron chi connectivity index (χ1n) is 7.70. The van der Waals surface area contributed by atoms with Gasteiger partial charge < -0.3 is 10.6 Å². The molecule has 0 atom stereocenters. The summed E-state index contributed by atoms with van der Waals surface area (Å²) in [4.78, 5) is 16.3. The van der Waals surface area contributed by atoms with Crippen molar-refractivity contribution in [2.75, 3.05) is 10.6 Å². The smallest absolute Gasteiger partial charge is 0.227 e. The van der Waals surface area contributed by atoms with Crippen molar-refractivity contribution in [2.24, 2.45) is 5.92 Å². The highest BCUT2D eigenvalue weighted by molar-refractivity contribution is 5.92. The van der Waals surface area contributed by atoms with Crippen molar-refractivity contribution in [3.05, 3.63) is 48.2 Å². The van der Waals surface area contributed by atoms with E-state index in [0.717, 1.165) is 18.5 Å². The maximum absolute atomic E-state index is 12.0. The van der Waals surface area contributed by atoms with E-state index >= 15 is 0 Å². The number of amides is 1. The van der Waals surface area contributed by atoms with E-state index in [1.54, 1.807) is 24.4 Å². The third-order valence-corrected chi connectivity index (χ3v) is 3.67. The molecule has 0 bridgehead atoms. The highest BCUT2D eigenvalue weighted by Gasteiger charge is 2.14. The van der Waals surface area contributed by atoms with Crippen molar-refractivity contribution in [1.29, 1.82) is 5.26 Å². The normalized spacial score (nSPS) is 10.2. The topological polar surface area (TPSA) is 77.8 Å². The predicted octanol–water partition coefficient (Wildman–Crippen LogP) is 4.07. The number of benzene rings is 1. The first-order chi connectivity index (χ1) is 11.2. The molecule has 5 heteroatoms. The Morgan fingerprint density at radius 1 is 1.13 bits per heavy atom. The highest BCUT2D eigenvalue weighted by atomic mass is 16.1. The summed E-state index contributed by atoms with van der Waals surface area (Å²) in [5.74, 6) is 0.742. The molecule has 2 rings (SSSR count). The maximum Gasteiger partial charge on any atom is 0.227 e.